The molecule has 0 fully saturated rings. The van der Waals surface area contributed by atoms with Crippen molar-refractivity contribution in [1.29, 1.82) is 0 Å². The van der Waals surface area contributed by atoms with Gasteiger partial charge in [-0.25, -0.2) is 4.98 Å². The number of carbonyl (C=O) groups is 1. The van der Waals surface area contributed by atoms with Crippen LogP contribution in [0.4, 0.5) is 0 Å². The maximum atomic E-state index is 12.4. The quantitative estimate of drug-likeness (QED) is 0.122. The highest BCUT2D eigenvalue weighted by molar-refractivity contribution is 8.00. The van der Waals surface area contributed by atoms with Gasteiger partial charge >= 0.3 is 5.97 Å². The van der Waals surface area contributed by atoms with Crippen molar-refractivity contribution in [2.75, 3.05) is 0 Å². The summed E-state index contributed by atoms with van der Waals surface area (Å²) in [6, 6.07) is 22.6. The molecular weight excluding hydrogens is 571 g/mol. The SMILES string of the molecule is CCCCCCCCC(Sc1nc(-c2ccc(Cl)cc2)c(-c2ccc(Cl)cc2)n1-c1ccc(Cl)cc1)C(=O)O. The van der Waals surface area contributed by atoms with Crippen molar-refractivity contribution in [2.45, 2.75) is 62.3 Å². The third-order valence-corrected chi connectivity index (χ3v) is 8.47. The molecule has 0 amide bonds. The van der Waals surface area contributed by atoms with Crippen molar-refractivity contribution in [3.8, 4) is 28.2 Å². The lowest BCUT2D eigenvalue weighted by Gasteiger charge is -2.16. The lowest BCUT2D eigenvalue weighted by molar-refractivity contribution is -0.136. The number of carboxylic acid groups (broad SMARTS) is 1. The van der Waals surface area contributed by atoms with Gasteiger partial charge in [-0.15, -0.1) is 0 Å². The van der Waals surface area contributed by atoms with Crippen molar-refractivity contribution in [2.24, 2.45) is 0 Å². The average Bonchev–Trinajstić information content (AvgIpc) is 3.30. The Balaban J connectivity index is 1.80. The minimum atomic E-state index is -0.833. The molecule has 4 rings (SSSR count). The van der Waals surface area contributed by atoms with Crippen LogP contribution in [-0.4, -0.2) is 25.9 Å². The van der Waals surface area contributed by atoms with E-state index < -0.39 is 11.2 Å². The normalized spacial score (nSPS) is 12.0. The highest BCUT2D eigenvalue weighted by Gasteiger charge is 2.27. The highest BCUT2D eigenvalue weighted by Crippen LogP contribution is 2.40. The van der Waals surface area contributed by atoms with Crippen molar-refractivity contribution in [1.82, 2.24) is 9.55 Å². The van der Waals surface area contributed by atoms with Crippen LogP contribution >= 0.6 is 46.6 Å². The Morgan fingerprint density at radius 1 is 0.795 bits per heavy atom. The second-order valence-electron chi connectivity index (χ2n) is 9.42. The minimum Gasteiger partial charge on any atom is -0.480 e. The second-order valence-corrected chi connectivity index (χ2v) is 11.9. The standard InChI is InChI=1S/C31H31Cl3N2O2S/c1-2-3-4-5-6-7-8-27(30(37)38)39-31-35-28(21-9-13-23(32)14-10-21)29(22-11-15-24(33)16-12-22)36(31)26-19-17-25(34)18-20-26/h9-20,27H,2-8H2,1H3,(H,37,38). The molecule has 1 atom stereocenters. The Morgan fingerprint density at radius 3 is 1.87 bits per heavy atom. The van der Waals surface area contributed by atoms with E-state index in [4.69, 9.17) is 39.8 Å². The number of halogens is 3. The molecule has 0 aliphatic heterocycles. The van der Waals surface area contributed by atoms with Crippen LogP contribution in [-0.2, 0) is 4.79 Å². The van der Waals surface area contributed by atoms with E-state index in [9.17, 15) is 9.90 Å². The molecule has 0 radical (unpaired) electrons. The van der Waals surface area contributed by atoms with Crippen LogP contribution in [0.1, 0.15) is 51.9 Å². The van der Waals surface area contributed by atoms with Gasteiger partial charge in [0.15, 0.2) is 5.16 Å². The molecule has 39 heavy (non-hydrogen) atoms. The van der Waals surface area contributed by atoms with Crippen molar-refractivity contribution >= 4 is 52.5 Å². The summed E-state index contributed by atoms with van der Waals surface area (Å²) in [4.78, 5) is 17.4. The molecule has 0 saturated carbocycles. The molecule has 0 spiro atoms. The fraction of sp³-hybridized carbons (Fsp3) is 0.290. The predicted octanol–water partition coefficient (Wildman–Crippen LogP) is 10.5. The summed E-state index contributed by atoms with van der Waals surface area (Å²) in [6.45, 7) is 2.19. The van der Waals surface area contributed by atoms with Gasteiger partial charge in [-0.05, 0) is 55.0 Å². The highest BCUT2D eigenvalue weighted by atomic mass is 35.5. The Kier molecular flexibility index (Phi) is 10.8. The number of nitrogens with zero attached hydrogens (tertiary/aromatic N) is 2. The third-order valence-electron chi connectivity index (χ3n) is 6.51. The summed E-state index contributed by atoms with van der Waals surface area (Å²) < 4.78 is 2.02. The molecule has 0 aliphatic rings. The second kappa shape index (κ2) is 14.3. The number of rotatable bonds is 13. The molecule has 3 aromatic carbocycles. The number of carboxylic acids is 1. The lowest BCUT2D eigenvalue weighted by Crippen LogP contribution is -2.17. The number of hydrogen-bond acceptors (Lipinski definition) is 3. The number of aliphatic carboxylic acids is 1. The van der Waals surface area contributed by atoms with Crippen molar-refractivity contribution in [3.05, 3.63) is 87.9 Å². The summed E-state index contributed by atoms with van der Waals surface area (Å²) in [5.41, 5.74) is 4.18. The number of benzene rings is 3. The van der Waals surface area contributed by atoms with Gasteiger partial charge < -0.3 is 5.11 Å². The molecule has 0 aliphatic carbocycles. The molecule has 0 saturated heterocycles. The molecule has 1 N–H and O–H groups in total. The Hall–Kier alpha value is -2.44. The molecule has 204 valence electrons. The number of aromatic nitrogens is 2. The van der Waals surface area contributed by atoms with Gasteiger partial charge in [0.25, 0.3) is 0 Å². The van der Waals surface area contributed by atoms with Crippen LogP contribution < -0.4 is 0 Å². The zero-order valence-electron chi connectivity index (χ0n) is 21.7. The van der Waals surface area contributed by atoms with Crippen LogP contribution in [0.5, 0.6) is 0 Å². The Morgan fingerprint density at radius 2 is 1.31 bits per heavy atom. The van der Waals surface area contributed by atoms with Crippen LogP contribution in [0, 0.1) is 0 Å². The first kappa shape index (κ1) is 29.5. The number of hydrogen-bond donors (Lipinski definition) is 1. The topological polar surface area (TPSA) is 55.1 Å². The Bertz CT molecular complexity index is 1370. The first-order valence-electron chi connectivity index (χ1n) is 13.2. The summed E-state index contributed by atoms with van der Waals surface area (Å²) in [6.07, 6.45) is 7.20. The monoisotopic (exact) mass is 600 g/mol. The van der Waals surface area contributed by atoms with E-state index in [1.165, 1.54) is 31.0 Å². The molecule has 8 heteroatoms. The van der Waals surface area contributed by atoms with E-state index in [2.05, 4.69) is 6.92 Å². The molecule has 1 unspecified atom stereocenters. The summed E-state index contributed by atoms with van der Waals surface area (Å²) in [7, 11) is 0. The van der Waals surface area contributed by atoms with Gasteiger partial charge in [0.1, 0.15) is 5.25 Å². The molecule has 4 nitrogen and oxygen atoms in total. The van der Waals surface area contributed by atoms with Gasteiger partial charge in [0, 0.05) is 31.9 Å². The van der Waals surface area contributed by atoms with Gasteiger partial charge in [-0.2, -0.15) is 0 Å². The number of unbranched alkanes of at least 4 members (excludes halogenated alkanes) is 5. The summed E-state index contributed by atoms with van der Waals surface area (Å²) in [5, 5.41) is 12.0. The van der Waals surface area contributed by atoms with E-state index >= 15 is 0 Å². The molecule has 1 aromatic heterocycles. The summed E-state index contributed by atoms with van der Waals surface area (Å²) in [5.74, 6) is -0.833. The van der Waals surface area contributed by atoms with Crippen LogP contribution in [0.2, 0.25) is 15.1 Å². The summed E-state index contributed by atoms with van der Waals surface area (Å²) >= 11 is 19.9. The zero-order valence-corrected chi connectivity index (χ0v) is 24.8. The van der Waals surface area contributed by atoms with Gasteiger partial charge in [-0.3, -0.25) is 9.36 Å². The maximum absolute atomic E-state index is 12.4. The van der Waals surface area contributed by atoms with Crippen LogP contribution in [0.15, 0.2) is 78.0 Å². The van der Waals surface area contributed by atoms with E-state index in [1.54, 1.807) is 0 Å². The number of thioether (sulfide) groups is 1. The van der Waals surface area contributed by atoms with Gasteiger partial charge in [0.2, 0.25) is 0 Å². The third kappa shape index (κ3) is 7.82. The smallest absolute Gasteiger partial charge is 0.317 e. The molecule has 0 bridgehead atoms. The maximum Gasteiger partial charge on any atom is 0.317 e. The molecular formula is C31H31Cl3N2O2S. The fourth-order valence-electron chi connectivity index (χ4n) is 4.46. The first-order chi connectivity index (χ1) is 18.9. The van der Waals surface area contributed by atoms with Gasteiger partial charge in [-0.1, -0.05) is 116 Å². The van der Waals surface area contributed by atoms with E-state index in [-0.39, 0.29) is 0 Å². The zero-order chi connectivity index (χ0) is 27.8. The van der Waals surface area contributed by atoms with Crippen LogP contribution in [0.25, 0.3) is 28.2 Å². The minimum absolute atomic E-state index is 0.576. The predicted molar refractivity (Wildman–Crippen MR) is 165 cm³/mol. The number of imidazole rings is 1. The molecule has 4 aromatic rings. The van der Waals surface area contributed by atoms with E-state index in [1.807, 2.05) is 77.4 Å². The van der Waals surface area contributed by atoms with E-state index in [0.717, 1.165) is 47.5 Å². The fourth-order valence-corrected chi connectivity index (χ4v) is 5.93. The van der Waals surface area contributed by atoms with Crippen LogP contribution in [0.3, 0.4) is 0 Å². The molecule has 1 heterocycles. The first-order valence-corrected chi connectivity index (χ1v) is 15.2. The van der Waals surface area contributed by atoms with Gasteiger partial charge in [0.05, 0.1) is 11.4 Å². The van der Waals surface area contributed by atoms with Crippen molar-refractivity contribution in [3.63, 3.8) is 0 Å². The Labute approximate surface area is 249 Å². The average molecular weight is 602 g/mol. The lowest BCUT2D eigenvalue weighted by atomic mass is 10.0. The largest absolute Gasteiger partial charge is 0.480 e. The van der Waals surface area contributed by atoms with Crippen molar-refractivity contribution < 1.29 is 9.90 Å². The van der Waals surface area contributed by atoms with E-state index in [0.29, 0.717) is 26.6 Å².